The van der Waals surface area contributed by atoms with Crippen molar-refractivity contribution in [1.29, 1.82) is 0 Å². The van der Waals surface area contributed by atoms with Gasteiger partial charge in [-0.2, -0.15) is 0 Å². The molecule has 2 heterocycles. The summed E-state index contributed by atoms with van der Waals surface area (Å²) < 4.78 is 7.41. The van der Waals surface area contributed by atoms with Crippen LogP contribution in [0.1, 0.15) is 43.6 Å². The summed E-state index contributed by atoms with van der Waals surface area (Å²) in [6.45, 7) is 4.97. The first kappa shape index (κ1) is 16.5. The summed E-state index contributed by atoms with van der Waals surface area (Å²) in [5, 5.41) is 0. The van der Waals surface area contributed by atoms with Crippen LogP contribution in [0.15, 0.2) is 18.3 Å². The number of carbonyl (C=O) groups is 2. The Labute approximate surface area is 131 Å². The van der Waals surface area contributed by atoms with Gasteiger partial charge < -0.3 is 9.30 Å². The van der Waals surface area contributed by atoms with Crippen LogP contribution in [0.3, 0.4) is 0 Å². The van der Waals surface area contributed by atoms with Crippen molar-refractivity contribution in [3.63, 3.8) is 0 Å². The lowest BCUT2D eigenvalue weighted by Crippen LogP contribution is -2.43. The van der Waals surface area contributed by atoms with Crippen molar-refractivity contribution in [3.05, 3.63) is 24.0 Å². The molecule has 2 atom stereocenters. The van der Waals surface area contributed by atoms with Crippen LogP contribution in [0.25, 0.3) is 0 Å². The second-order valence-electron chi connectivity index (χ2n) is 6.25. The number of rotatable bonds is 4. The number of nitrogens with zero attached hydrogens (tertiary/aromatic N) is 1. The Morgan fingerprint density at radius 1 is 1.41 bits per heavy atom. The molecule has 1 aromatic rings. The molecule has 2 amide bonds. The maximum atomic E-state index is 12.0. The first-order valence-corrected chi connectivity index (χ1v) is 7.79. The average molecular weight is 307 g/mol. The summed E-state index contributed by atoms with van der Waals surface area (Å²) in [5.41, 5.74) is 5.46. The molecular weight excluding hydrogens is 282 g/mol. The third kappa shape index (κ3) is 4.34. The van der Waals surface area contributed by atoms with Gasteiger partial charge in [0.2, 0.25) is 5.91 Å². The van der Waals surface area contributed by atoms with Crippen LogP contribution in [0.2, 0.25) is 0 Å². The summed E-state index contributed by atoms with van der Waals surface area (Å²) in [5.74, 6) is 0.306. The van der Waals surface area contributed by atoms with E-state index in [9.17, 15) is 9.59 Å². The van der Waals surface area contributed by atoms with Crippen molar-refractivity contribution in [2.75, 3.05) is 6.61 Å². The highest BCUT2D eigenvalue weighted by Gasteiger charge is 2.26. The van der Waals surface area contributed by atoms with E-state index < -0.39 is 0 Å². The zero-order valence-corrected chi connectivity index (χ0v) is 13.5. The molecule has 0 unspecified atom stereocenters. The standard InChI is InChI=1S/C16H25N3O3/c1-11(2)14-9-12(6-8-22-14)10-15(20)17-18-16(21)13-5-4-7-19(13)3/h4-5,7,11-12,14H,6,8-10H2,1-3H3,(H,17,20)(H,18,21)/t12-,14+/m1/s1. The van der Waals surface area contributed by atoms with Gasteiger partial charge in [-0.1, -0.05) is 13.8 Å². The van der Waals surface area contributed by atoms with Crippen LogP contribution in [-0.4, -0.2) is 29.1 Å². The fourth-order valence-corrected chi connectivity index (χ4v) is 2.75. The Morgan fingerprint density at radius 3 is 2.82 bits per heavy atom. The van der Waals surface area contributed by atoms with Gasteiger partial charge in [-0.3, -0.25) is 20.4 Å². The van der Waals surface area contributed by atoms with Crippen molar-refractivity contribution in [2.45, 2.75) is 39.2 Å². The number of hydrazine groups is 1. The van der Waals surface area contributed by atoms with E-state index in [0.29, 0.717) is 30.6 Å². The largest absolute Gasteiger partial charge is 0.378 e. The molecule has 0 saturated carbocycles. The molecule has 0 radical (unpaired) electrons. The SMILES string of the molecule is CC(C)[C@@H]1C[C@H](CC(=O)NNC(=O)c2cccn2C)CCO1. The van der Waals surface area contributed by atoms with E-state index in [0.717, 1.165) is 12.8 Å². The third-order valence-electron chi connectivity index (χ3n) is 4.13. The molecule has 122 valence electrons. The highest BCUT2D eigenvalue weighted by molar-refractivity contribution is 5.94. The molecule has 1 aliphatic heterocycles. The van der Waals surface area contributed by atoms with Gasteiger partial charge in [0.15, 0.2) is 0 Å². The molecule has 1 fully saturated rings. The molecule has 2 N–H and O–H groups in total. The Kier molecular flexibility index (Phi) is 5.60. The fraction of sp³-hybridized carbons (Fsp3) is 0.625. The minimum absolute atomic E-state index is 0.156. The predicted octanol–water partition coefficient (Wildman–Crippen LogP) is 1.63. The molecule has 0 aliphatic carbocycles. The molecule has 1 aromatic heterocycles. The molecule has 1 aliphatic rings. The first-order chi connectivity index (χ1) is 10.5. The van der Waals surface area contributed by atoms with Gasteiger partial charge in [0.05, 0.1) is 6.10 Å². The first-order valence-electron chi connectivity index (χ1n) is 7.79. The summed E-state index contributed by atoms with van der Waals surface area (Å²) in [4.78, 5) is 23.9. The van der Waals surface area contributed by atoms with Crippen LogP contribution in [-0.2, 0) is 16.6 Å². The van der Waals surface area contributed by atoms with Crippen molar-refractivity contribution in [1.82, 2.24) is 15.4 Å². The minimum atomic E-state index is -0.312. The summed E-state index contributed by atoms with van der Waals surface area (Å²) >= 11 is 0. The van der Waals surface area contributed by atoms with E-state index in [-0.39, 0.29) is 17.9 Å². The van der Waals surface area contributed by atoms with Gasteiger partial charge in [-0.15, -0.1) is 0 Å². The molecular formula is C16H25N3O3. The second kappa shape index (κ2) is 7.45. The van der Waals surface area contributed by atoms with E-state index in [1.165, 1.54) is 0 Å². The maximum absolute atomic E-state index is 12.0. The quantitative estimate of drug-likeness (QED) is 0.830. The molecule has 0 aromatic carbocycles. The molecule has 22 heavy (non-hydrogen) atoms. The van der Waals surface area contributed by atoms with E-state index in [1.54, 1.807) is 29.9 Å². The lowest BCUT2D eigenvalue weighted by Gasteiger charge is -2.31. The van der Waals surface area contributed by atoms with E-state index in [2.05, 4.69) is 24.7 Å². The number of carbonyl (C=O) groups excluding carboxylic acids is 2. The second-order valence-corrected chi connectivity index (χ2v) is 6.25. The van der Waals surface area contributed by atoms with Gasteiger partial charge in [0.1, 0.15) is 5.69 Å². The molecule has 0 spiro atoms. The van der Waals surface area contributed by atoms with Gasteiger partial charge in [-0.05, 0) is 36.8 Å². The van der Waals surface area contributed by atoms with Gasteiger partial charge >= 0.3 is 0 Å². The molecule has 2 rings (SSSR count). The Balaban J connectivity index is 1.76. The summed E-state index contributed by atoms with van der Waals surface area (Å²) in [6, 6.07) is 3.48. The number of aromatic nitrogens is 1. The Morgan fingerprint density at radius 2 is 2.18 bits per heavy atom. The number of hydrogen-bond donors (Lipinski definition) is 2. The smallest absolute Gasteiger partial charge is 0.286 e. The fourth-order valence-electron chi connectivity index (χ4n) is 2.75. The normalized spacial score (nSPS) is 21.6. The number of ether oxygens (including phenoxy) is 1. The van der Waals surface area contributed by atoms with Gasteiger partial charge in [0.25, 0.3) is 5.91 Å². The van der Waals surface area contributed by atoms with Gasteiger partial charge in [-0.25, -0.2) is 0 Å². The number of nitrogens with one attached hydrogen (secondary N) is 2. The zero-order chi connectivity index (χ0) is 16.1. The Bertz CT molecular complexity index is 524. The number of aryl methyl sites for hydroxylation is 1. The Hall–Kier alpha value is -1.82. The lowest BCUT2D eigenvalue weighted by molar-refractivity contribution is -0.124. The highest BCUT2D eigenvalue weighted by Crippen LogP contribution is 2.26. The van der Waals surface area contributed by atoms with Crippen molar-refractivity contribution in [3.8, 4) is 0 Å². The molecule has 0 bridgehead atoms. The van der Waals surface area contributed by atoms with Crippen LogP contribution in [0.5, 0.6) is 0 Å². The zero-order valence-electron chi connectivity index (χ0n) is 13.5. The van der Waals surface area contributed by atoms with Crippen molar-refractivity contribution >= 4 is 11.8 Å². The molecule has 1 saturated heterocycles. The molecule has 6 heteroatoms. The highest BCUT2D eigenvalue weighted by atomic mass is 16.5. The molecule has 6 nitrogen and oxygen atoms in total. The van der Waals surface area contributed by atoms with E-state index >= 15 is 0 Å². The van der Waals surface area contributed by atoms with Crippen molar-refractivity contribution < 1.29 is 14.3 Å². The number of amides is 2. The van der Waals surface area contributed by atoms with E-state index in [1.807, 2.05) is 0 Å². The van der Waals surface area contributed by atoms with Crippen LogP contribution in [0.4, 0.5) is 0 Å². The maximum Gasteiger partial charge on any atom is 0.286 e. The average Bonchev–Trinajstić information content (AvgIpc) is 2.91. The predicted molar refractivity (Wildman–Crippen MR) is 82.9 cm³/mol. The van der Waals surface area contributed by atoms with Crippen LogP contribution < -0.4 is 10.9 Å². The van der Waals surface area contributed by atoms with Crippen LogP contribution in [0, 0.1) is 11.8 Å². The van der Waals surface area contributed by atoms with Crippen LogP contribution >= 0.6 is 0 Å². The summed E-state index contributed by atoms with van der Waals surface area (Å²) in [7, 11) is 1.78. The van der Waals surface area contributed by atoms with E-state index in [4.69, 9.17) is 4.74 Å². The lowest BCUT2D eigenvalue weighted by atomic mass is 9.88. The monoisotopic (exact) mass is 307 g/mol. The summed E-state index contributed by atoms with van der Waals surface area (Å²) in [6.07, 6.45) is 4.22. The van der Waals surface area contributed by atoms with Crippen molar-refractivity contribution in [2.24, 2.45) is 18.9 Å². The third-order valence-corrected chi connectivity index (χ3v) is 4.13. The minimum Gasteiger partial charge on any atom is -0.378 e. The topological polar surface area (TPSA) is 72.4 Å². The van der Waals surface area contributed by atoms with Gasteiger partial charge in [0, 0.05) is 26.3 Å². The number of hydrogen-bond acceptors (Lipinski definition) is 3.